The molecule has 0 aliphatic carbocycles. The topological polar surface area (TPSA) is 62.5 Å². The summed E-state index contributed by atoms with van der Waals surface area (Å²) >= 11 is 0. The Kier molecular flexibility index (Phi) is 3.84. The number of rotatable bonds is 3. The first kappa shape index (κ1) is 16.8. The van der Waals surface area contributed by atoms with Crippen LogP contribution >= 0.6 is 0 Å². The van der Waals surface area contributed by atoms with Gasteiger partial charge in [0.15, 0.2) is 5.43 Å². The predicted octanol–water partition coefficient (Wildman–Crippen LogP) is 2.38. The smallest absolute Gasteiger partial charge is 0.242 e. The van der Waals surface area contributed by atoms with Gasteiger partial charge in [0.25, 0.3) is 0 Å². The molecule has 3 aromatic rings. The standard InChI is InChI=1S/C21H22N2O3/c1-14(2)21(26)12-22(13-21)19(24)11-23-17-9-5-3-7-15(17)20(25)16-8-4-6-10-18(16)23/h3-10,14,26H,11-13H2,1-2H3. The maximum absolute atomic E-state index is 12.8. The highest BCUT2D eigenvalue weighted by molar-refractivity contribution is 5.94. The number of aromatic nitrogens is 1. The summed E-state index contributed by atoms with van der Waals surface area (Å²) in [4.78, 5) is 27.2. The molecular weight excluding hydrogens is 328 g/mol. The van der Waals surface area contributed by atoms with Crippen molar-refractivity contribution in [1.29, 1.82) is 0 Å². The van der Waals surface area contributed by atoms with Gasteiger partial charge < -0.3 is 14.6 Å². The van der Waals surface area contributed by atoms with Crippen molar-refractivity contribution in [2.24, 2.45) is 5.92 Å². The lowest BCUT2D eigenvalue weighted by Gasteiger charge is -2.49. The minimum atomic E-state index is -0.788. The van der Waals surface area contributed by atoms with Crippen molar-refractivity contribution in [1.82, 2.24) is 9.47 Å². The third-order valence-corrected chi connectivity index (χ3v) is 5.53. The first-order valence-electron chi connectivity index (χ1n) is 8.91. The summed E-state index contributed by atoms with van der Waals surface area (Å²) in [5.41, 5.74) is 0.704. The fourth-order valence-electron chi connectivity index (χ4n) is 3.64. The zero-order chi connectivity index (χ0) is 18.5. The molecule has 0 saturated carbocycles. The zero-order valence-corrected chi connectivity index (χ0v) is 15.0. The average molecular weight is 350 g/mol. The van der Waals surface area contributed by atoms with E-state index in [2.05, 4.69) is 0 Å². The lowest BCUT2D eigenvalue weighted by molar-refractivity contribution is -0.164. The van der Waals surface area contributed by atoms with Crippen molar-refractivity contribution in [2.75, 3.05) is 13.1 Å². The van der Waals surface area contributed by atoms with E-state index in [4.69, 9.17) is 0 Å². The lowest BCUT2D eigenvalue weighted by Crippen LogP contribution is -2.66. The van der Waals surface area contributed by atoms with Crippen LogP contribution in [0.5, 0.6) is 0 Å². The summed E-state index contributed by atoms with van der Waals surface area (Å²) in [6.45, 7) is 4.80. The molecule has 1 N–H and O–H groups in total. The van der Waals surface area contributed by atoms with E-state index in [0.29, 0.717) is 23.9 Å². The number of hydrogen-bond acceptors (Lipinski definition) is 3. The molecule has 2 aromatic carbocycles. The van der Waals surface area contributed by atoms with Crippen LogP contribution in [0.1, 0.15) is 13.8 Å². The van der Waals surface area contributed by atoms with Crippen molar-refractivity contribution in [3.8, 4) is 0 Å². The third kappa shape index (κ3) is 2.51. The van der Waals surface area contributed by atoms with E-state index >= 15 is 0 Å². The number of benzene rings is 2. The van der Waals surface area contributed by atoms with Gasteiger partial charge in [0.05, 0.1) is 24.1 Å². The normalized spacial score (nSPS) is 16.2. The van der Waals surface area contributed by atoms with Gasteiger partial charge in [-0.3, -0.25) is 9.59 Å². The van der Waals surface area contributed by atoms with E-state index in [1.165, 1.54) is 0 Å². The van der Waals surface area contributed by atoms with Crippen molar-refractivity contribution in [3.05, 3.63) is 58.8 Å². The predicted molar refractivity (Wildman–Crippen MR) is 102 cm³/mol. The van der Waals surface area contributed by atoms with E-state index in [9.17, 15) is 14.7 Å². The van der Waals surface area contributed by atoms with Gasteiger partial charge in [0.1, 0.15) is 12.1 Å². The molecule has 26 heavy (non-hydrogen) atoms. The number of carbonyl (C=O) groups excluding carboxylic acids is 1. The van der Waals surface area contributed by atoms with E-state index in [0.717, 1.165) is 11.0 Å². The molecule has 4 rings (SSSR count). The van der Waals surface area contributed by atoms with Gasteiger partial charge in [-0.05, 0) is 30.2 Å². The summed E-state index contributed by atoms with van der Waals surface area (Å²) < 4.78 is 1.90. The highest BCUT2D eigenvalue weighted by atomic mass is 16.3. The minimum absolute atomic E-state index is 0.0157. The van der Waals surface area contributed by atoms with Crippen LogP contribution in [-0.4, -0.2) is 39.2 Å². The Morgan fingerprint density at radius 2 is 1.54 bits per heavy atom. The molecule has 1 fully saturated rings. The Morgan fingerprint density at radius 1 is 1.04 bits per heavy atom. The molecule has 0 atom stereocenters. The SMILES string of the molecule is CC(C)C1(O)CN(C(=O)Cn2c3ccccc3c(=O)c3ccccc32)C1. The molecule has 0 bridgehead atoms. The number of aliphatic hydroxyl groups is 1. The Morgan fingerprint density at radius 3 is 2.04 bits per heavy atom. The van der Waals surface area contributed by atoms with Crippen LogP contribution in [0.25, 0.3) is 21.8 Å². The molecule has 5 heteroatoms. The number of para-hydroxylation sites is 2. The van der Waals surface area contributed by atoms with Gasteiger partial charge in [-0.25, -0.2) is 0 Å². The molecular formula is C21H22N2O3. The number of carbonyl (C=O) groups is 1. The van der Waals surface area contributed by atoms with Gasteiger partial charge in [0.2, 0.25) is 5.91 Å². The Hall–Kier alpha value is -2.66. The van der Waals surface area contributed by atoms with Crippen molar-refractivity contribution in [3.63, 3.8) is 0 Å². The quantitative estimate of drug-likeness (QED) is 0.738. The number of hydrogen-bond donors (Lipinski definition) is 1. The summed E-state index contributed by atoms with van der Waals surface area (Å²) in [5.74, 6) is 0.0647. The molecule has 1 amide bonds. The highest BCUT2D eigenvalue weighted by Crippen LogP contribution is 2.29. The van der Waals surface area contributed by atoms with E-state index < -0.39 is 5.60 Å². The Balaban J connectivity index is 1.75. The number of amides is 1. The van der Waals surface area contributed by atoms with Crippen molar-refractivity contribution >= 4 is 27.7 Å². The van der Waals surface area contributed by atoms with E-state index in [1.807, 2.05) is 54.8 Å². The van der Waals surface area contributed by atoms with Gasteiger partial charge >= 0.3 is 0 Å². The van der Waals surface area contributed by atoms with Crippen LogP contribution in [-0.2, 0) is 11.3 Å². The van der Waals surface area contributed by atoms with Crippen LogP contribution < -0.4 is 5.43 Å². The largest absolute Gasteiger partial charge is 0.386 e. The van der Waals surface area contributed by atoms with Gasteiger partial charge in [-0.2, -0.15) is 0 Å². The second-order valence-electron chi connectivity index (χ2n) is 7.46. The highest BCUT2D eigenvalue weighted by Gasteiger charge is 2.45. The van der Waals surface area contributed by atoms with E-state index in [-0.39, 0.29) is 23.8 Å². The molecule has 0 spiro atoms. The minimum Gasteiger partial charge on any atom is -0.386 e. The maximum atomic E-state index is 12.8. The van der Waals surface area contributed by atoms with Crippen LogP contribution in [0, 0.1) is 5.92 Å². The zero-order valence-electron chi connectivity index (χ0n) is 15.0. The van der Waals surface area contributed by atoms with Gasteiger partial charge in [0, 0.05) is 10.8 Å². The monoisotopic (exact) mass is 350 g/mol. The summed E-state index contributed by atoms with van der Waals surface area (Å²) in [6.07, 6.45) is 0. The molecule has 2 heterocycles. The van der Waals surface area contributed by atoms with Crippen LogP contribution in [0.2, 0.25) is 0 Å². The van der Waals surface area contributed by atoms with Crippen LogP contribution in [0.15, 0.2) is 53.3 Å². The second-order valence-corrected chi connectivity index (χ2v) is 7.46. The molecule has 134 valence electrons. The molecule has 1 aliphatic heterocycles. The summed E-state index contributed by atoms with van der Waals surface area (Å²) in [5, 5.41) is 11.6. The lowest BCUT2D eigenvalue weighted by atomic mass is 9.83. The van der Waals surface area contributed by atoms with Gasteiger partial charge in [-0.15, -0.1) is 0 Å². The first-order chi connectivity index (χ1) is 12.4. The fraction of sp³-hybridized carbons (Fsp3) is 0.333. The molecule has 1 saturated heterocycles. The van der Waals surface area contributed by atoms with Crippen molar-refractivity contribution in [2.45, 2.75) is 26.0 Å². The Bertz CT molecular complexity index is 1000. The number of likely N-dealkylation sites (tertiary alicyclic amines) is 1. The molecule has 1 aromatic heterocycles. The summed E-state index contributed by atoms with van der Waals surface area (Å²) in [6, 6.07) is 14.8. The van der Waals surface area contributed by atoms with Gasteiger partial charge in [-0.1, -0.05) is 38.1 Å². The second kappa shape index (κ2) is 5.95. The van der Waals surface area contributed by atoms with Crippen LogP contribution in [0.4, 0.5) is 0 Å². The third-order valence-electron chi connectivity index (χ3n) is 5.53. The first-order valence-corrected chi connectivity index (χ1v) is 8.91. The molecule has 0 radical (unpaired) electrons. The van der Waals surface area contributed by atoms with Crippen LogP contribution in [0.3, 0.4) is 0 Å². The molecule has 5 nitrogen and oxygen atoms in total. The fourth-order valence-corrected chi connectivity index (χ4v) is 3.64. The molecule has 1 aliphatic rings. The average Bonchev–Trinajstić information content (AvgIpc) is 2.62. The number of pyridine rings is 1. The number of nitrogens with zero attached hydrogens (tertiary/aromatic N) is 2. The maximum Gasteiger partial charge on any atom is 0.242 e. The number of β-amino-alcohol motifs (C(OH)–C–C–N with tert-alkyl or cyclic N) is 1. The molecule has 0 unspecified atom stereocenters. The van der Waals surface area contributed by atoms with Crippen molar-refractivity contribution < 1.29 is 9.90 Å². The Labute approximate surface area is 151 Å². The van der Waals surface area contributed by atoms with E-state index in [1.54, 1.807) is 17.0 Å². The summed E-state index contributed by atoms with van der Waals surface area (Å²) in [7, 11) is 0. The number of fused-ring (bicyclic) bond motifs is 2.